The Balaban J connectivity index is 2.14. The summed E-state index contributed by atoms with van der Waals surface area (Å²) in [5.41, 5.74) is 4.32. The molecule has 0 amide bonds. The first-order valence-corrected chi connectivity index (χ1v) is 7.21. The molecule has 0 bridgehead atoms. The van der Waals surface area contributed by atoms with Gasteiger partial charge in [0.05, 0.1) is 29.4 Å². The number of hydrogen-bond donors (Lipinski definition) is 0. The van der Waals surface area contributed by atoms with Crippen LogP contribution in [0.5, 0.6) is 5.75 Å². The molecule has 2 heterocycles. The molecule has 3 rings (SSSR count). The molecule has 0 aliphatic heterocycles. The smallest absolute Gasteiger partial charge is 0.148 e. The molecule has 0 fully saturated rings. The van der Waals surface area contributed by atoms with Gasteiger partial charge in [-0.1, -0.05) is 13.0 Å². The lowest BCUT2D eigenvalue weighted by molar-refractivity contribution is 0.317. The molecule has 21 heavy (non-hydrogen) atoms. The molecule has 4 nitrogen and oxygen atoms in total. The van der Waals surface area contributed by atoms with Crippen molar-refractivity contribution >= 4 is 11.0 Å². The summed E-state index contributed by atoms with van der Waals surface area (Å²) in [4.78, 5) is 8.93. The quantitative estimate of drug-likeness (QED) is 0.731. The predicted octanol–water partition coefficient (Wildman–Crippen LogP) is 3.73. The van der Waals surface area contributed by atoms with Crippen molar-refractivity contribution in [2.45, 2.75) is 20.3 Å². The van der Waals surface area contributed by atoms with Crippen LogP contribution in [0.2, 0.25) is 0 Å². The van der Waals surface area contributed by atoms with Gasteiger partial charge in [0.2, 0.25) is 0 Å². The largest absolute Gasteiger partial charge is 0.491 e. The van der Waals surface area contributed by atoms with E-state index >= 15 is 0 Å². The van der Waals surface area contributed by atoms with Gasteiger partial charge in [-0.05, 0) is 37.1 Å². The van der Waals surface area contributed by atoms with E-state index < -0.39 is 0 Å². The maximum absolute atomic E-state index is 5.80. The second-order valence-electron chi connectivity index (χ2n) is 5.21. The van der Waals surface area contributed by atoms with Crippen LogP contribution in [0, 0.1) is 6.92 Å². The lowest BCUT2D eigenvalue weighted by Gasteiger charge is -2.10. The van der Waals surface area contributed by atoms with Gasteiger partial charge in [-0.15, -0.1) is 0 Å². The molecule has 4 heteroatoms. The fourth-order valence-corrected chi connectivity index (χ4v) is 2.44. The van der Waals surface area contributed by atoms with Crippen LogP contribution >= 0.6 is 0 Å². The minimum atomic E-state index is 0.682. The zero-order chi connectivity index (χ0) is 14.8. The topological polar surface area (TPSA) is 39.9 Å². The summed E-state index contributed by atoms with van der Waals surface area (Å²) in [6.45, 7) is 4.85. The number of benzene rings is 1. The second kappa shape index (κ2) is 5.56. The Labute approximate surface area is 124 Å². The van der Waals surface area contributed by atoms with Crippen LogP contribution in [0.4, 0.5) is 0 Å². The van der Waals surface area contributed by atoms with Crippen LogP contribution in [0.25, 0.3) is 22.4 Å². The Bertz CT molecular complexity index is 777. The molecule has 0 spiro atoms. The van der Waals surface area contributed by atoms with Crippen molar-refractivity contribution < 1.29 is 4.74 Å². The predicted molar refractivity (Wildman–Crippen MR) is 84.5 cm³/mol. The number of fused-ring (bicyclic) bond motifs is 1. The summed E-state index contributed by atoms with van der Waals surface area (Å²) in [5.74, 6) is 1.69. The number of aromatic nitrogens is 3. The van der Waals surface area contributed by atoms with Crippen LogP contribution < -0.4 is 4.74 Å². The lowest BCUT2D eigenvalue weighted by atomic mass is 10.2. The number of rotatable bonds is 4. The highest BCUT2D eigenvalue weighted by molar-refractivity contribution is 5.82. The molecule has 0 saturated carbocycles. The summed E-state index contributed by atoms with van der Waals surface area (Å²) in [6.07, 6.45) is 4.50. The first-order valence-electron chi connectivity index (χ1n) is 7.21. The standard InChI is InChI=1S/C17H19N3O/c1-4-9-21-16-11-18-8-7-13(16)17-19-14-10-12(2)5-6-15(14)20(17)3/h5-8,10-11H,4,9H2,1-3H3. The molecule has 0 saturated heterocycles. The number of pyridine rings is 1. The highest BCUT2D eigenvalue weighted by Gasteiger charge is 2.14. The summed E-state index contributed by atoms with van der Waals surface area (Å²) in [7, 11) is 2.03. The van der Waals surface area contributed by atoms with Crippen LogP contribution in [0.15, 0.2) is 36.7 Å². The number of nitrogens with zero attached hydrogens (tertiary/aromatic N) is 3. The first kappa shape index (κ1) is 13.6. The molecule has 1 aromatic carbocycles. The van der Waals surface area contributed by atoms with Crippen LogP contribution in [0.1, 0.15) is 18.9 Å². The summed E-state index contributed by atoms with van der Waals surface area (Å²) in [6, 6.07) is 8.27. The molecular weight excluding hydrogens is 262 g/mol. The molecular formula is C17H19N3O. The summed E-state index contributed by atoms with van der Waals surface area (Å²) in [5, 5.41) is 0. The zero-order valence-corrected chi connectivity index (χ0v) is 12.6. The Kier molecular flexibility index (Phi) is 3.60. The molecule has 0 unspecified atom stereocenters. The fourth-order valence-electron chi connectivity index (χ4n) is 2.44. The van der Waals surface area contributed by atoms with E-state index in [2.05, 4.69) is 41.6 Å². The van der Waals surface area contributed by atoms with E-state index in [1.165, 1.54) is 5.56 Å². The molecule has 108 valence electrons. The maximum Gasteiger partial charge on any atom is 0.148 e. The van der Waals surface area contributed by atoms with Gasteiger partial charge in [0.1, 0.15) is 11.6 Å². The van der Waals surface area contributed by atoms with Crippen LogP contribution in [-0.4, -0.2) is 21.1 Å². The Morgan fingerprint density at radius 2 is 2.10 bits per heavy atom. The van der Waals surface area contributed by atoms with Gasteiger partial charge in [0.25, 0.3) is 0 Å². The average molecular weight is 281 g/mol. The monoisotopic (exact) mass is 281 g/mol. The van der Waals surface area contributed by atoms with Gasteiger partial charge in [0.15, 0.2) is 0 Å². The minimum Gasteiger partial charge on any atom is -0.491 e. The van der Waals surface area contributed by atoms with Gasteiger partial charge >= 0.3 is 0 Å². The third kappa shape index (κ3) is 2.49. The molecule has 2 aromatic heterocycles. The molecule has 3 aromatic rings. The first-order chi connectivity index (χ1) is 10.2. The van der Waals surface area contributed by atoms with Crippen LogP contribution in [0.3, 0.4) is 0 Å². The van der Waals surface area contributed by atoms with Crippen LogP contribution in [-0.2, 0) is 7.05 Å². The molecule has 0 aliphatic carbocycles. The van der Waals surface area contributed by atoms with Gasteiger partial charge in [-0.2, -0.15) is 0 Å². The number of aryl methyl sites for hydroxylation is 2. The normalized spacial score (nSPS) is 11.0. The van der Waals surface area contributed by atoms with Crippen molar-refractivity contribution in [1.82, 2.24) is 14.5 Å². The van der Waals surface area contributed by atoms with E-state index in [1.807, 2.05) is 13.1 Å². The Hall–Kier alpha value is -2.36. The van der Waals surface area contributed by atoms with Crippen molar-refractivity contribution in [2.75, 3.05) is 6.61 Å². The van der Waals surface area contributed by atoms with Gasteiger partial charge < -0.3 is 9.30 Å². The Morgan fingerprint density at radius 3 is 2.90 bits per heavy atom. The maximum atomic E-state index is 5.80. The molecule has 0 N–H and O–H groups in total. The van der Waals surface area contributed by atoms with E-state index in [4.69, 9.17) is 9.72 Å². The third-order valence-electron chi connectivity index (χ3n) is 3.52. The number of ether oxygens (including phenoxy) is 1. The molecule has 0 atom stereocenters. The highest BCUT2D eigenvalue weighted by atomic mass is 16.5. The minimum absolute atomic E-state index is 0.682. The Morgan fingerprint density at radius 1 is 1.24 bits per heavy atom. The molecule has 0 radical (unpaired) electrons. The van der Waals surface area contributed by atoms with Crippen molar-refractivity contribution in [3.8, 4) is 17.1 Å². The van der Waals surface area contributed by atoms with Crippen molar-refractivity contribution in [2.24, 2.45) is 7.05 Å². The highest BCUT2D eigenvalue weighted by Crippen LogP contribution is 2.30. The van der Waals surface area contributed by atoms with E-state index in [1.54, 1.807) is 12.4 Å². The van der Waals surface area contributed by atoms with E-state index in [0.29, 0.717) is 6.61 Å². The van der Waals surface area contributed by atoms with E-state index in [0.717, 1.165) is 34.6 Å². The molecule has 0 aliphatic rings. The average Bonchev–Trinajstić information content (AvgIpc) is 2.81. The number of imidazole rings is 1. The SMILES string of the molecule is CCCOc1cnccc1-c1nc2cc(C)ccc2n1C. The second-order valence-corrected chi connectivity index (χ2v) is 5.21. The van der Waals surface area contributed by atoms with Crippen molar-refractivity contribution in [3.05, 3.63) is 42.2 Å². The van der Waals surface area contributed by atoms with Gasteiger partial charge in [-0.3, -0.25) is 4.98 Å². The third-order valence-corrected chi connectivity index (χ3v) is 3.52. The number of hydrogen-bond acceptors (Lipinski definition) is 3. The van der Waals surface area contributed by atoms with E-state index in [-0.39, 0.29) is 0 Å². The summed E-state index contributed by atoms with van der Waals surface area (Å²) < 4.78 is 7.90. The summed E-state index contributed by atoms with van der Waals surface area (Å²) >= 11 is 0. The van der Waals surface area contributed by atoms with E-state index in [9.17, 15) is 0 Å². The fraction of sp³-hybridized carbons (Fsp3) is 0.294. The van der Waals surface area contributed by atoms with Gasteiger partial charge in [0, 0.05) is 13.2 Å². The zero-order valence-electron chi connectivity index (χ0n) is 12.6. The van der Waals surface area contributed by atoms with Gasteiger partial charge in [-0.25, -0.2) is 4.98 Å². The van der Waals surface area contributed by atoms with Crippen molar-refractivity contribution in [3.63, 3.8) is 0 Å². The lowest BCUT2D eigenvalue weighted by Crippen LogP contribution is -2.00. The van der Waals surface area contributed by atoms with Crippen molar-refractivity contribution in [1.29, 1.82) is 0 Å².